The van der Waals surface area contributed by atoms with E-state index in [4.69, 9.17) is 9.47 Å². The topological polar surface area (TPSA) is 128 Å². The van der Waals surface area contributed by atoms with Gasteiger partial charge in [0.1, 0.15) is 17.6 Å². The van der Waals surface area contributed by atoms with Crippen molar-refractivity contribution in [2.75, 3.05) is 31.8 Å². The fraction of sp³-hybridized carbons (Fsp3) is 0.409. The predicted molar refractivity (Wildman–Crippen MR) is 125 cm³/mol. The molecule has 1 unspecified atom stereocenters. The number of ether oxygens (including phenoxy) is 2. The molecule has 1 atom stereocenters. The number of anilines is 1. The first kappa shape index (κ1) is 22.1. The summed E-state index contributed by atoms with van der Waals surface area (Å²) in [5.41, 5.74) is 0.901. The normalized spacial score (nSPS) is 17.1. The van der Waals surface area contributed by atoms with Crippen molar-refractivity contribution in [3.05, 3.63) is 40.4 Å². The highest BCUT2D eigenvalue weighted by Crippen LogP contribution is 2.32. The number of nitrogens with one attached hydrogen (secondary N) is 2. The molecule has 2 N–H and O–H groups in total. The number of fused-ring (bicyclic) bond motifs is 2. The summed E-state index contributed by atoms with van der Waals surface area (Å²) in [4.78, 5) is 48.3. The van der Waals surface area contributed by atoms with Crippen molar-refractivity contribution >= 4 is 38.6 Å². The van der Waals surface area contributed by atoms with Crippen LogP contribution in [0.4, 0.5) is 5.13 Å². The Morgan fingerprint density at radius 2 is 2.12 bits per heavy atom. The van der Waals surface area contributed by atoms with Crippen LogP contribution < -0.4 is 30.6 Å². The molecule has 3 aromatic rings. The van der Waals surface area contributed by atoms with Gasteiger partial charge < -0.3 is 25.0 Å². The fourth-order valence-electron chi connectivity index (χ4n) is 4.11. The summed E-state index contributed by atoms with van der Waals surface area (Å²) in [6, 6.07) is 5.46. The monoisotopic (exact) mass is 484 g/mol. The molecule has 0 bridgehead atoms. The van der Waals surface area contributed by atoms with Crippen LogP contribution in [0.15, 0.2) is 29.3 Å². The summed E-state index contributed by atoms with van der Waals surface area (Å²) in [5, 5.41) is 6.18. The zero-order valence-electron chi connectivity index (χ0n) is 18.6. The number of carbonyl (C=O) groups is 2. The van der Waals surface area contributed by atoms with Crippen molar-refractivity contribution in [2.24, 2.45) is 5.92 Å². The number of hydrogen-bond acceptors (Lipinski definition) is 9. The smallest absolute Gasteiger partial charge is 0.273 e. The number of hydrogen-bond donors (Lipinski definition) is 2. The molecule has 178 valence electrons. The molecule has 0 radical (unpaired) electrons. The summed E-state index contributed by atoms with van der Waals surface area (Å²) < 4.78 is 12.3. The second kappa shape index (κ2) is 9.29. The molecule has 2 amide bonds. The molecular formula is C22H24N6O5S. The Morgan fingerprint density at radius 1 is 1.26 bits per heavy atom. The van der Waals surface area contributed by atoms with Crippen LogP contribution in [-0.2, 0) is 22.7 Å². The van der Waals surface area contributed by atoms with E-state index < -0.39 is 0 Å². The lowest BCUT2D eigenvalue weighted by atomic mass is 9.98. The molecule has 1 aromatic carbocycles. The van der Waals surface area contributed by atoms with Gasteiger partial charge in [0, 0.05) is 26.7 Å². The molecule has 2 aliphatic heterocycles. The van der Waals surface area contributed by atoms with Gasteiger partial charge in [-0.2, -0.15) is 4.98 Å². The van der Waals surface area contributed by atoms with Gasteiger partial charge in [-0.15, -0.1) is 0 Å². The van der Waals surface area contributed by atoms with E-state index in [9.17, 15) is 14.4 Å². The van der Waals surface area contributed by atoms with Gasteiger partial charge in [0.25, 0.3) is 5.56 Å². The number of nitrogens with zero attached hydrogens (tertiary/aromatic N) is 4. The van der Waals surface area contributed by atoms with Crippen LogP contribution >= 0.6 is 11.3 Å². The molecule has 0 saturated carbocycles. The molecule has 0 spiro atoms. The average molecular weight is 485 g/mol. The fourth-order valence-corrected chi connectivity index (χ4v) is 5.12. The Kier molecular flexibility index (Phi) is 6.05. The number of piperidine rings is 1. The van der Waals surface area contributed by atoms with E-state index in [-0.39, 0.29) is 36.6 Å². The molecule has 1 saturated heterocycles. The second-order valence-electron chi connectivity index (χ2n) is 8.19. The van der Waals surface area contributed by atoms with Crippen LogP contribution in [0.3, 0.4) is 0 Å². The first-order chi connectivity index (χ1) is 16.5. The Bertz CT molecular complexity index is 1300. The second-order valence-corrected chi connectivity index (χ2v) is 9.17. The average Bonchev–Trinajstić information content (AvgIpc) is 3.51. The summed E-state index contributed by atoms with van der Waals surface area (Å²) >= 11 is 1.24. The molecule has 4 heterocycles. The van der Waals surface area contributed by atoms with Crippen molar-refractivity contribution in [1.82, 2.24) is 25.2 Å². The maximum absolute atomic E-state index is 13.0. The lowest BCUT2D eigenvalue weighted by molar-refractivity contribution is -0.124. The van der Waals surface area contributed by atoms with Gasteiger partial charge in [0.05, 0.1) is 5.92 Å². The van der Waals surface area contributed by atoms with Gasteiger partial charge in [0.15, 0.2) is 22.3 Å². The Hall–Kier alpha value is -3.67. The first-order valence-corrected chi connectivity index (χ1v) is 11.8. The molecular weight excluding hydrogens is 460 g/mol. The highest BCUT2D eigenvalue weighted by Gasteiger charge is 2.27. The van der Waals surface area contributed by atoms with Gasteiger partial charge in [-0.05, 0) is 30.5 Å². The number of carbonyl (C=O) groups excluding carboxylic acids is 2. The van der Waals surface area contributed by atoms with Crippen LogP contribution in [0.25, 0.3) is 10.3 Å². The maximum atomic E-state index is 13.0. The van der Waals surface area contributed by atoms with Gasteiger partial charge >= 0.3 is 0 Å². The summed E-state index contributed by atoms with van der Waals surface area (Å²) in [5.74, 6) is 0.921. The Labute approximate surface area is 198 Å². The van der Waals surface area contributed by atoms with E-state index in [2.05, 4.69) is 20.6 Å². The third-order valence-corrected chi connectivity index (χ3v) is 7.02. The molecule has 1 fully saturated rings. The van der Waals surface area contributed by atoms with Crippen molar-refractivity contribution in [2.45, 2.75) is 25.9 Å². The lowest BCUT2D eigenvalue weighted by Crippen LogP contribution is -2.42. The minimum atomic E-state index is -0.313. The number of rotatable bonds is 6. The molecule has 12 heteroatoms. The molecule has 34 heavy (non-hydrogen) atoms. The zero-order valence-corrected chi connectivity index (χ0v) is 19.4. The van der Waals surface area contributed by atoms with Gasteiger partial charge in [-0.3, -0.25) is 19.0 Å². The molecule has 2 aliphatic rings. The number of amides is 2. The van der Waals surface area contributed by atoms with Gasteiger partial charge in [-0.1, -0.05) is 17.4 Å². The third-order valence-electron chi connectivity index (χ3n) is 5.92. The van der Waals surface area contributed by atoms with Crippen LogP contribution in [-0.4, -0.2) is 53.3 Å². The van der Waals surface area contributed by atoms with E-state index in [0.717, 1.165) is 24.9 Å². The van der Waals surface area contributed by atoms with Crippen molar-refractivity contribution in [3.63, 3.8) is 0 Å². The Balaban J connectivity index is 1.26. The van der Waals surface area contributed by atoms with Gasteiger partial charge in [-0.25, -0.2) is 4.98 Å². The molecule has 0 aliphatic carbocycles. The zero-order chi connectivity index (χ0) is 23.7. The molecule has 11 nitrogen and oxygen atoms in total. The highest BCUT2D eigenvalue weighted by atomic mass is 32.1. The predicted octanol–water partition coefficient (Wildman–Crippen LogP) is 0.860. The van der Waals surface area contributed by atoms with Crippen LogP contribution in [0.2, 0.25) is 0 Å². The summed E-state index contributed by atoms with van der Waals surface area (Å²) in [6.07, 6.45) is 3.04. The SMILES string of the molecule is CNC(=O)C1CCCN(c2nc3ncn(CC(=O)NCc4ccc5c(c4)OCO5)c(=O)c3s2)C1. The minimum absolute atomic E-state index is 0.0121. The van der Waals surface area contributed by atoms with Crippen molar-refractivity contribution in [1.29, 1.82) is 0 Å². The Morgan fingerprint density at radius 3 is 2.97 bits per heavy atom. The lowest BCUT2D eigenvalue weighted by Gasteiger charge is -2.31. The highest BCUT2D eigenvalue weighted by molar-refractivity contribution is 7.22. The largest absolute Gasteiger partial charge is 0.454 e. The molecule has 2 aromatic heterocycles. The van der Waals surface area contributed by atoms with E-state index >= 15 is 0 Å². The van der Waals surface area contributed by atoms with Crippen molar-refractivity contribution in [3.8, 4) is 11.5 Å². The summed E-state index contributed by atoms with van der Waals surface area (Å²) in [6.45, 7) is 1.66. The third kappa shape index (κ3) is 4.40. The number of thiazole rings is 1. The summed E-state index contributed by atoms with van der Waals surface area (Å²) in [7, 11) is 1.64. The van der Waals surface area contributed by atoms with Crippen LogP contribution in [0, 0.1) is 5.92 Å². The first-order valence-electron chi connectivity index (χ1n) is 11.0. The van der Waals surface area contributed by atoms with Gasteiger partial charge in [0.2, 0.25) is 18.6 Å². The van der Waals surface area contributed by atoms with E-state index in [0.29, 0.717) is 40.1 Å². The maximum Gasteiger partial charge on any atom is 0.273 e. The van der Waals surface area contributed by atoms with E-state index in [1.165, 1.54) is 22.2 Å². The minimum Gasteiger partial charge on any atom is -0.454 e. The number of aromatic nitrogens is 3. The number of benzene rings is 1. The standard InChI is InChI=1S/C22H24N6O5S/c1-23-20(30)14-3-2-6-27(9-14)22-26-19-18(34-22)21(31)28(11-25-19)10-17(29)24-8-13-4-5-15-16(7-13)33-12-32-15/h4-5,7,11,14H,2-3,6,8-10,12H2,1H3,(H,23,30)(H,24,29). The van der Waals surface area contributed by atoms with Crippen molar-refractivity contribution < 1.29 is 19.1 Å². The quantitative estimate of drug-likeness (QED) is 0.527. The molecule has 5 rings (SSSR count). The van der Waals surface area contributed by atoms with Crippen LogP contribution in [0.1, 0.15) is 18.4 Å². The van der Waals surface area contributed by atoms with E-state index in [1.54, 1.807) is 13.1 Å². The van der Waals surface area contributed by atoms with Crippen LogP contribution in [0.5, 0.6) is 11.5 Å². The van der Waals surface area contributed by atoms with E-state index in [1.807, 2.05) is 17.0 Å².